The summed E-state index contributed by atoms with van der Waals surface area (Å²) in [6, 6.07) is 5.96. The summed E-state index contributed by atoms with van der Waals surface area (Å²) in [5, 5.41) is 7.74. The molecule has 2 rings (SSSR count). The van der Waals surface area contributed by atoms with Crippen molar-refractivity contribution in [2.45, 2.75) is 32.6 Å². The minimum Gasteiger partial charge on any atom is -0.299 e. The van der Waals surface area contributed by atoms with Crippen LogP contribution in [0.15, 0.2) is 18.2 Å². The smallest absolute Gasteiger partial charge is 0.235 e. The third kappa shape index (κ3) is 2.43. The van der Waals surface area contributed by atoms with Crippen molar-refractivity contribution in [2.75, 3.05) is 0 Å². The van der Waals surface area contributed by atoms with Gasteiger partial charge in [-0.15, -0.1) is 0 Å². The van der Waals surface area contributed by atoms with Crippen molar-refractivity contribution in [1.82, 2.24) is 15.1 Å². The number of aromatic nitrogens is 2. The molecule has 5 heteroatoms. The molecule has 0 saturated heterocycles. The van der Waals surface area contributed by atoms with Gasteiger partial charge in [-0.3, -0.25) is 19.6 Å². The van der Waals surface area contributed by atoms with E-state index in [2.05, 4.69) is 10.4 Å². The molecule has 1 N–H and O–H groups in total. The lowest BCUT2D eigenvalue weighted by Crippen LogP contribution is -2.28. The van der Waals surface area contributed by atoms with E-state index in [0.29, 0.717) is 12.8 Å². The molecule has 1 aromatic carbocycles. The maximum Gasteiger partial charge on any atom is 0.235 e. The molecule has 0 aliphatic carbocycles. The monoisotopic (exact) mass is 273 g/mol. The molecular formula is C15H19N3O2. The highest BCUT2D eigenvalue weighted by Crippen LogP contribution is 2.29. The zero-order chi connectivity index (χ0) is 14.7. The van der Waals surface area contributed by atoms with Gasteiger partial charge < -0.3 is 0 Å². The first kappa shape index (κ1) is 14.2. The van der Waals surface area contributed by atoms with Gasteiger partial charge in [0.2, 0.25) is 12.3 Å². The summed E-state index contributed by atoms with van der Waals surface area (Å²) in [7, 11) is 1.87. The number of rotatable bonds is 5. The predicted molar refractivity (Wildman–Crippen MR) is 77.3 cm³/mol. The first-order valence-corrected chi connectivity index (χ1v) is 6.76. The summed E-state index contributed by atoms with van der Waals surface area (Å²) >= 11 is 0. The summed E-state index contributed by atoms with van der Waals surface area (Å²) in [5.41, 5.74) is 2.89. The Labute approximate surface area is 118 Å². The van der Waals surface area contributed by atoms with E-state index in [0.717, 1.165) is 28.6 Å². The summed E-state index contributed by atoms with van der Waals surface area (Å²) in [5.74, 6) is -0.681. The number of benzene rings is 1. The largest absolute Gasteiger partial charge is 0.299 e. The van der Waals surface area contributed by atoms with Crippen molar-refractivity contribution in [1.29, 1.82) is 0 Å². The number of nitrogens with one attached hydrogen (secondary N) is 1. The Kier molecular flexibility index (Phi) is 4.17. The van der Waals surface area contributed by atoms with Gasteiger partial charge in [0.15, 0.2) is 0 Å². The second-order valence-electron chi connectivity index (χ2n) is 4.95. The number of imide groups is 1. The van der Waals surface area contributed by atoms with E-state index in [1.54, 1.807) is 4.68 Å². The first-order chi connectivity index (χ1) is 9.60. The van der Waals surface area contributed by atoms with Gasteiger partial charge in [-0.1, -0.05) is 31.5 Å². The fourth-order valence-electron chi connectivity index (χ4n) is 2.66. The molecule has 0 bridgehead atoms. The van der Waals surface area contributed by atoms with Crippen LogP contribution in [0.25, 0.3) is 10.9 Å². The van der Waals surface area contributed by atoms with Crippen molar-refractivity contribution in [2.24, 2.45) is 7.05 Å². The number of fused-ring (bicyclic) bond motifs is 1. The number of hydrogen-bond acceptors (Lipinski definition) is 3. The highest BCUT2D eigenvalue weighted by Gasteiger charge is 2.25. The normalized spacial score (nSPS) is 12.3. The Morgan fingerprint density at radius 1 is 1.50 bits per heavy atom. The lowest BCUT2D eigenvalue weighted by Gasteiger charge is -2.11. The topological polar surface area (TPSA) is 64.0 Å². The second-order valence-corrected chi connectivity index (χ2v) is 4.95. The van der Waals surface area contributed by atoms with Crippen LogP contribution in [-0.2, 0) is 16.6 Å². The fraction of sp³-hybridized carbons (Fsp3) is 0.400. The van der Waals surface area contributed by atoms with Crippen LogP contribution >= 0.6 is 0 Å². The number of nitrogens with zero attached hydrogens (tertiary/aromatic N) is 2. The molecule has 1 heterocycles. The van der Waals surface area contributed by atoms with E-state index in [1.807, 2.05) is 39.1 Å². The molecule has 1 atom stereocenters. The number of aryl methyl sites for hydroxylation is 2. The van der Waals surface area contributed by atoms with Crippen LogP contribution in [-0.4, -0.2) is 22.1 Å². The van der Waals surface area contributed by atoms with Crippen LogP contribution in [0, 0.1) is 6.92 Å². The zero-order valence-electron chi connectivity index (χ0n) is 12.0. The number of para-hydroxylation sites is 1. The molecule has 1 aromatic heterocycles. The van der Waals surface area contributed by atoms with Gasteiger partial charge in [0.25, 0.3) is 0 Å². The average Bonchev–Trinajstić information content (AvgIpc) is 2.75. The fourth-order valence-corrected chi connectivity index (χ4v) is 2.66. The van der Waals surface area contributed by atoms with Crippen LogP contribution in [0.1, 0.15) is 36.9 Å². The maximum atomic E-state index is 12.1. The minimum absolute atomic E-state index is 0.289. The minimum atomic E-state index is -0.393. The highest BCUT2D eigenvalue weighted by molar-refractivity contribution is 5.95. The van der Waals surface area contributed by atoms with E-state index in [4.69, 9.17) is 0 Å². The predicted octanol–water partition coefficient (Wildman–Crippen LogP) is 2.04. The van der Waals surface area contributed by atoms with E-state index in [1.165, 1.54) is 0 Å². The molecule has 0 saturated carbocycles. The van der Waals surface area contributed by atoms with E-state index in [9.17, 15) is 9.59 Å². The van der Waals surface area contributed by atoms with Crippen molar-refractivity contribution in [3.8, 4) is 0 Å². The lowest BCUT2D eigenvalue weighted by molar-refractivity contribution is -0.126. The van der Waals surface area contributed by atoms with Crippen molar-refractivity contribution in [3.63, 3.8) is 0 Å². The SMILES string of the molecule is CCCC(C(=O)NC=O)c1nn(C)c2c(C)cccc12. The Hall–Kier alpha value is -2.17. The van der Waals surface area contributed by atoms with Gasteiger partial charge in [-0.05, 0) is 18.9 Å². The Balaban J connectivity index is 2.56. The van der Waals surface area contributed by atoms with Gasteiger partial charge in [-0.2, -0.15) is 5.10 Å². The summed E-state index contributed by atoms with van der Waals surface area (Å²) in [4.78, 5) is 22.6. The molecule has 0 radical (unpaired) electrons. The summed E-state index contributed by atoms with van der Waals surface area (Å²) < 4.78 is 1.80. The van der Waals surface area contributed by atoms with Gasteiger partial charge in [-0.25, -0.2) is 0 Å². The zero-order valence-corrected chi connectivity index (χ0v) is 12.0. The molecule has 0 fully saturated rings. The van der Waals surface area contributed by atoms with Gasteiger partial charge in [0.05, 0.1) is 17.1 Å². The van der Waals surface area contributed by atoms with Gasteiger partial charge in [0.1, 0.15) is 0 Å². The molecule has 1 unspecified atom stereocenters. The van der Waals surface area contributed by atoms with Gasteiger partial charge >= 0.3 is 0 Å². The molecular weight excluding hydrogens is 254 g/mol. The second kappa shape index (κ2) is 5.86. The van der Waals surface area contributed by atoms with Crippen molar-refractivity contribution in [3.05, 3.63) is 29.5 Å². The standard InChI is InChI=1S/C15H19N3O2/c1-4-6-12(15(20)16-9-19)13-11-8-5-7-10(2)14(11)18(3)17-13/h5,7-9,12H,4,6H2,1-3H3,(H,16,19,20). The Morgan fingerprint density at radius 3 is 2.90 bits per heavy atom. The van der Waals surface area contributed by atoms with Gasteiger partial charge in [0, 0.05) is 12.4 Å². The first-order valence-electron chi connectivity index (χ1n) is 6.76. The molecule has 0 spiro atoms. The van der Waals surface area contributed by atoms with Crippen LogP contribution in [0.4, 0.5) is 0 Å². The van der Waals surface area contributed by atoms with E-state index in [-0.39, 0.29) is 5.91 Å². The third-order valence-electron chi connectivity index (χ3n) is 3.52. The summed E-state index contributed by atoms with van der Waals surface area (Å²) in [6.45, 7) is 4.03. The van der Waals surface area contributed by atoms with E-state index < -0.39 is 5.92 Å². The molecule has 0 aliphatic heterocycles. The average molecular weight is 273 g/mol. The number of amides is 2. The maximum absolute atomic E-state index is 12.1. The number of carbonyl (C=O) groups is 2. The molecule has 0 aliphatic rings. The molecule has 5 nitrogen and oxygen atoms in total. The van der Waals surface area contributed by atoms with E-state index >= 15 is 0 Å². The molecule has 106 valence electrons. The van der Waals surface area contributed by atoms with Crippen molar-refractivity contribution >= 4 is 23.2 Å². The number of hydrogen-bond donors (Lipinski definition) is 1. The Bertz CT molecular complexity index is 646. The molecule has 20 heavy (non-hydrogen) atoms. The lowest BCUT2D eigenvalue weighted by atomic mass is 9.95. The number of carbonyl (C=O) groups excluding carboxylic acids is 2. The Morgan fingerprint density at radius 2 is 2.25 bits per heavy atom. The quantitative estimate of drug-likeness (QED) is 0.848. The molecule has 2 amide bonds. The van der Waals surface area contributed by atoms with Crippen molar-refractivity contribution < 1.29 is 9.59 Å². The third-order valence-corrected chi connectivity index (χ3v) is 3.52. The molecule has 2 aromatic rings. The van der Waals surface area contributed by atoms with Crippen LogP contribution in [0.2, 0.25) is 0 Å². The summed E-state index contributed by atoms with van der Waals surface area (Å²) in [6.07, 6.45) is 1.95. The van der Waals surface area contributed by atoms with Crippen LogP contribution in [0.3, 0.4) is 0 Å². The van der Waals surface area contributed by atoms with Crippen LogP contribution < -0.4 is 5.32 Å². The van der Waals surface area contributed by atoms with Crippen LogP contribution in [0.5, 0.6) is 0 Å². The highest BCUT2D eigenvalue weighted by atomic mass is 16.2.